The molecule has 6 nitrogen and oxygen atoms in total. The lowest BCUT2D eigenvalue weighted by molar-refractivity contribution is -0.143. The highest BCUT2D eigenvalue weighted by Gasteiger charge is 2.20. The van der Waals surface area contributed by atoms with Gasteiger partial charge in [-0.25, -0.2) is 0 Å². The summed E-state index contributed by atoms with van der Waals surface area (Å²) in [5.41, 5.74) is 0. The number of hydrogen-bond acceptors (Lipinski definition) is 5. The second-order valence-electron chi connectivity index (χ2n) is 22.8. The number of rotatable bonds is 62. The normalized spacial score (nSPS) is 12.7. The average molecular weight is 1030 g/mol. The number of esters is 1. The number of amides is 1. The van der Waals surface area contributed by atoms with Crippen molar-refractivity contribution >= 4 is 11.9 Å². The summed E-state index contributed by atoms with van der Waals surface area (Å²) < 4.78 is 5.48. The first-order valence-electron chi connectivity index (χ1n) is 33.1. The van der Waals surface area contributed by atoms with E-state index in [0.717, 1.165) is 44.9 Å². The van der Waals surface area contributed by atoms with Crippen molar-refractivity contribution < 1.29 is 24.5 Å². The van der Waals surface area contributed by atoms with Gasteiger partial charge in [-0.2, -0.15) is 0 Å². The highest BCUT2D eigenvalue weighted by Crippen LogP contribution is 2.18. The summed E-state index contributed by atoms with van der Waals surface area (Å²) in [6, 6.07) is -0.543. The zero-order chi connectivity index (χ0) is 52.9. The fraction of sp³-hybridized carbons (Fsp3) is 0.910. The number of unbranched alkanes of at least 4 members (excludes halogenated alkanes) is 47. The van der Waals surface area contributed by atoms with E-state index in [4.69, 9.17) is 4.74 Å². The van der Waals surface area contributed by atoms with Crippen LogP contribution in [-0.2, 0) is 14.3 Å². The molecule has 0 saturated carbocycles. The SMILES string of the molecule is CCCCCCC/C=C\CCCCCCCC(=O)OCCCCCCCCCCCCCC/C=C\CCCCCCCCCCCCC(=O)NC(CO)C(O)CCCCCCCCCCCCCCCCCC. The third-order valence-corrected chi connectivity index (χ3v) is 15.5. The molecule has 0 aliphatic carbocycles. The second-order valence-corrected chi connectivity index (χ2v) is 22.8. The first kappa shape index (κ1) is 71.3. The van der Waals surface area contributed by atoms with E-state index in [1.165, 1.54) is 289 Å². The fourth-order valence-corrected chi connectivity index (χ4v) is 10.4. The fourth-order valence-electron chi connectivity index (χ4n) is 10.4. The number of nitrogens with one attached hydrogen (secondary N) is 1. The maximum atomic E-state index is 12.5. The Hall–Kier alpha value is -1.66. The minimum absolute atomic E-state index is 0.00626. The standard InChI is InChI=1S/C67H129NO5/c1-3-5-7-9-11-13-15-17-19-32-35-39-43-47-51-55-59-65(70)64(63-69)68-66(71)60-56-52-48-44-40-36-33-30-28-26-24-22-20-21-23-25-27-29-31-34-38-42-46-50-54-58-62-73-67(72)61-57-53-49-45-41-37-18-16-14-12-10-8-6-4-2/h16,18,20,22,64-65,69-70H,3-15,17,19,21,23-63H2,1-2H3,(H,68,71)/b18-16-,22-20-. The Bertz CT molecular complexity index is 1140. The quantitative estimate of drug-likeness (QED) is 0.0320. The minimum Gasteiger partial charge on any atom is -0.466 e. The number of aliphatic hydroxyl groups is 2. The van der Waals surface area contributed by atoms with Crippen LogP contribution < -0.4 is 5.32 Å². The van der Waals surface area contributed by atoms with E-state index in [9.17, 15) is 19.8 Å². The van der Waals surface area contributed by atoms with Crippen LogP contribution >= 0.6 is 0 Å². The van der Waals surface area contributed by atoms with Gasteiger partial charge in [-0.15, -0.1) is 0 Å². The van der Waals surface area contributed by atoms with Gasteiger partial charge in [-0.05, 0) is 77.0 Å². The molecule has 2 atom stereocenters. The predicted octanol–water partition coefficient (Wildman–Crippen LogP) is 21.0. The Morgan fingerprint density at radius 3 is 0.973 bits per heavy atom. The molecular weight excluding hydrogens is 899 g/mol. The summed E-state index contributed by atoms with van der Waals surface area (Å²) in [5, 5.41) is 23.3. The van der Waals surface area contributed by atoms with Crippen LogP contribution in [0, 0.1) is 0 Å². The molecular formula is C67H129NO5. The van der Waals surface area contributed by atoms with Crippen LogP contribution in [-0.4, -0.2) is 47.4 Å². The number of allylic oxidation sites excluding steroid dienone is 4. The van der Waals surface area contributed by atoms with E-state index in [-0.39, 0.29) is 18.5 Å². The third kappa shape index (κ3) is 59.4. The summed E-state index contributed by atoms with van der Waals surface area (Å²) in [6.07, 6.45) is 77.7. The smallest absolute Gasteiger partial charge is 0.305 e. The van der Waals surface area contributed by atoms with Crippen LogP contribution in [0.2, 0.25) is 0 Å². The van der Waals surface area contributed by atoms with Crippen molar-refractivity contribution in [1.82, 2.24) is 5.32 Å². The monoisotopic (exact) mass is 1030 g/mol. The molecule has 0 aromatic heterocycles. The van der Waals surface area contributed by atoms with Crippen LogP contribution in [0.4, 0.5) is 0 Å². The number of hydrogen-bond donors (Lipinski definition) is 3. The molecule has 3 N–H and O–H groups in total. The maximum Gasteiger partial charge on any atom is 0.305 e. The lowest BCUT2D eigenvalue weighted by Crippen LogP contribution is -2.45. The Morgan fingerprint density at radius 2 is 0.644 bits per heavy atom. The van der Waals surface area contributed by atoms with E-state index in [1.807, 2.05) is 0 Å². The van der Waals surface area contributed by atoms with Gasteiger partial charge < -0.3 is 20.3 Å². The first-order valence-corrected chi connectivity index (χ1v) is 33.1. The van der Waals surface area contributed by atoms with Crippen molar-refractivity contribution in [2.45, 2.75) is 379 Å². The lowest BCUT2D eigenvalue weighted by Gasteiger charge is -2.22. The zero-order valence-corrected chi connectivity index (χ0v) is 49.4. The van der Waals surface area contributed by atoms with Gasteiger partial charge in [0.2, 0.25) is 5.91 Å². The molecule has 0 fully saturated rings. The third-order valence-electron chi connectivity index (χ3n) is 15.5. The molecule has 0 saturated heterocycles. The van der Waals surface area contributed by atoms with Gasteiger partial charge in [-0.1, -0.05) is 301 Å². The van der Waals surface area contributed by atoms with Crippen LogP contribution in [0.3, 0.4) is 0 Å². The van der Waals surface area contributed by atoms with E-state index in [2.05, 4.69) is 43.5 Å². The van der Waals surface area contributed by atoms with E-state index in [1.54, 1.807) is 0 Å². The molecule has 0 aliphatic rings. The number of carbonyl (C=O) groups excluding carboxylic acids is 2. The molecule has 1 amide bonds. The van der Waals surface area contributed by atoms with Crippen molar-refractivity contribution in [3.63, 3.8) is 0 Å². The van der Waals surface area contributed by atoms with Gasteiger partial charge in [0, 0.05) is 12.8 Å². The summed E-state index contributed by atoms with van der Waals surface area (Å²) in [7, 11) is 0. The minimum atomic E-state index is -0.665. The summed E-state index contributed by atoms with van der Waals surface area (Å²) >= 11 is 0. The average Bonchev–Trinajstić information content (AvgIpc) is 3.39. The Labute approximate surface area is 456 Å². The second kappa shape index (κ2) is 62.9. The highest BCUT2D eigenvalue weighted by molar-refractivity contribution is 5.76. The highest BCUT2D eigenvalue weighted by atomic mass is 16.5. The topological polar surface area (TPSA) is 95.9 Å². The van der Waals surface area contributed by atoms with Gasteiger partial charge in [0.25, 0.3) is 0 Å². The molecule has 0 heterocycles. The van der Waals surface area contributed by atoms with E-state index < -0.39 is 12.1 Å². The lowest BCUT2D eigenvalue weighted by atomic mass is 10.0. The summed E-state index contributed by atoms with van der Waals surface area (Å²) in [6.45, 7) is 4.97. The molecule has 6 heteroatoms. The van der Waals surface area contributed by atoms with Gasteiger partial charge in [0.1, 0.15) is 0 Å². The molecule has 73 heavy (non-hydrogen) atoms. The number of ether oxygens (including phenoxy) is 1. The van der Waals surface area contributed by atoms with Crippen LogP contribution in [0.15, 0.2) is 24.3 Å². The molecule has 0 spiro atoms. The van der Waals surface area contributed by atoms with Gasteiger partial charge >= 0.3 is 5.97 Å². The first-order chi connectivity index (χ1) is 36.0. The molecule has 0 bridgehead atoms. The molecule has 432 valence electrons. The molecule has 0 radical (unpaired) electrons. The van der Waals surface area contributed by atoms with Gasteiger partial charge in [-0.3, -0.25) is 9.59 Å². The van der Waals surface area contributed by atoms with Gasteiger partial charge in [0.15, 0.2) is 0 Å². The molecule has 0 aliphatic heterocycles. The van der Waals surface area contributed by atoms with Crippen molar-refractivity contribution in [1.29, 1.82) is 0 Å². The van der Waals surface area contributed by atoms with Crippen molar-refractivity contribution in [2.24, 2.45) is 0 Å². The zero-order valence-electron chi connectivity index (χ0n) is 49.4. The Balaban J connectivity index is 3.39. The van der Waals surface area contributed by atoms with Crippen LogP contribution in [0.25, 0.3) is 0 Å². The van der Waals surface area contributed by atoms with Crippen molar-refractivity contribution in [2.75, 3.05) is 13.2 Å². The number of aliphatic hydroxyl groups excluding tert-OH is 2. The van der Waals surface area contributed by atoms with Gasteiger partial charge in [0.05, 0.1) is 25.4 Å². The largest absolute Gasteiger partial charge is 0.466 e. The van der Waals surface area contributed by atoms with E-state index >= 15 is 0 Å². The molecule has 2 unspecified atom stereocenters. The molecule has 0 rings (SSSR count). The summed E-state index contributed by atoms with van der Waals surface area (Å²) in [5.74, 6) is -0.0279. The Kier molecular flexibility index (Phi) is 61.4. The molecule has 0 aromatic rings. The Morgan fingerprint density at radius 1 is 0.370 bits per heavy atom. The van der Waals surface area contributed by atoms with Crippen molar-refractivity contribution in [3.8, 4) is 0 Å². The van der Waals surface area contributed by atoms with Crippen LogP contribution in [0.5, 0.6) is 0 Å². The predicted molar refractivity (Wildman–Crippen MR) is 320 cm³/mol. The maximum absolute atomic E-state index is 12.5. The number of carbonyl (C=O) groups is 2. The van der Waals surface area contributed by atoms with E-state index in [0.29, 0.717) is 25.9 Å². The summed E-state index contributed by atoms with van der Waals surface area (Å²) in [4.78, 5) is 24.6. The molecule has 0 aromatic carbocycles. The van der Waals surface area contributed by atoms with Crippen LogP contribution in [0.1, 0.15) is 367 Å². The van der Waals surface area contributed by atoms with Crippen molar-refractivity contribution in [3.05, 3.63) is 24.3 Å².